The third-order valence-corrected chi connectivity index (χ3v) is 5.11. The predicted molar refractivity (Wildman–Crippen MR) is 85.1 cm³/mol. The van der Waals surface area contributed by atoms with Crippen LogP contribution in [0.15, 0.2) is 6.20 Å². The molecule has 2 aromatic heterocycles. The fraction of sp³-hybridized carbons (Fsp3) is 0.600. The fourth-order valence-corrected chi connectivity index (χ4v) is 3.91. The summed E-state index contributed by atoms with van der Waals surface area (Å²) in [6.07, 6.45) is 8.24. The summed E-state index contributed by atoms with van der Waals surface area (Å²) >= 11 is 1.85. The summed E-state index contributed by atoms with van der Waals surface area (Å²) in [7, 11) is 0. The van der Waals surface area contributed by atoms with Crippen molar-refractivity contribution in [2.75, 3.05) is 6.54 Å². The van der Waals surface area contributed by atoms with Gasteiger partial charge in [0, 0.05) is 24.4 Å². The molecule has 0 unspecified atom stereocenters. The van der Waals surface area contributed by atoms with Crippen LogP contribution >= 0.6 is 11.3 Å². The molecule has 0 aliphatic heterocycles. The highest BCUT2D eigenvalue weighted by molar-refractivity contribution is 7.11. The largest absolute Gasteiger partial charge is 0.351 e. The van der Waals surface area contributed by atoms with Crippen LogP contribution < -0.4 is 5.32 Å². The summed E-state index contributed by atoms with van der Waals surface area (Å²) in [5, 5.41) is 11.8. The molecule has 1 aliphatic rings. The zero-order chi connectivity index (χ0) is 15.4. The molecular weight excluding hydrogens is 298 g/mol. The zero-order valence-electron chi connectivity index (χ0n) is 12.8. The van der Waals surface area contributed by atoms with Gasteiger partial charge < -0.3 is 5.32 Å². The number of carbonyl (C=O) groups is 1. The molecule has 0 saturated heterocycles. The number of fused-ring (bicyclic) bond motifs is 1. The minimum Gasteiger partial charge on any atom is -0.351 e. The molecule has 2 heterocycles. The standard InChI is InChI=1S/C15H21N5OS/c1-2-20-12(10-17-19-20)15(21)16-9-5-8-14-18-11-6-3-4-7-13(11)22-14/h10H,2-9H2,1H3,(H,16,21). The molecule has 22 heavy (non-hydrogen) atoms. The lowest BCUT2D eigenvalue weighted by atomic mass is 10.0. The van der Waals surface area contributed by atoms with Crippen LogP contribution in [-0.2, 0) is 25.8 Å². The number of aromatic nitrogens is 4. The molecule has 0 bridgehead atoms. The molecule has 1 aliphatic carbocycles. The van der Waals surface area contributed by atoms with Crippen molar-refractivity contribution in [1.82, 2.24) is 25.3 Å². The number of carbonyl (C=O) groups excluding carboxylic acids is 1. The van der Waals surface area contributed by atoms with Crippen LogP contribution in [0.3, 0.4) is 0 Å². The number of hydrogen-bond acceptors (Lipinski definition) is 5. The molecule has 0 aromatic carbocycles. The molecule has 0 saturated carbocycles. The molecule has 1 N–H and O–H groups in total. The van der Waals surface area contributed by atoms with Gasteiger partial charge in [-0.1, -0.05) is 5.21 Å². The van der Waals surface area contributed by atoms with Crippen LogP contribution in [0.5, 0.6) is 0 Å². The van der Waals surface area contributed by atoms with Crippen molar-refractivity contribution in [2.45, 2.75) is 52.0 Å². The van der Waals surface area contributed by atoms with Crippen molar-refractivity contribution >= 4 is 17.2 Å². The lowest BCUT2D eigenvalue weighted by molar-refractivity contribution is 0.0942. The van der Waals surface area contributed by atoms with E-state index in [0.717, 1.165) is 19.3 Å². The van der Waals surface area contributed by atoms with E-state index in [1.165, 1.54) is 41.0 Å². The van der Waals surface area contributed by atoms with Gasteiger partial charge in [0.2, 0.25) is 0 Å². The van der Waals surface area contributed by atoms with Gasteiger partial charge in [-0.25, -0.2) is 9.67 Å². The molecule has 7 heteroatoms. The number of rotatable bonds is 6. The quantitative estimate of drug-likeness (QED) is 0.827. The highest BCUT2D eigenvalue weighted by Gasteiger charge is 2.15. The summed E-state index contributed by atoms with van der Waals surface area (Å²) in [5.74, 6) is -0.106. The number of nitrogens with zero attached hydrogens (tertiary/aromatic N) is 4. The second-order valence-corrected chi connectivity index (χ2v) is 6.65. The van der Waals surface area contributed by atoms with E-state index in [4.69, 9.17) is 4.98 Å². The summed E-state index contributed by atoms with van der Waals surface area (Å²) < 4.78 is 1.60. The number of thiazole rings is 1. The Morgan fingerprint density at radius 2 is 2.27 bits per heavy atom. The van der Waals surface area contributed by atoms with E-state index in [1.54, 1.807) is 4.68 Å². The van der Waals surface area contributed by atoms with Crippen molar-refractivity contribution in [3.63, 3.8) is 0 Å². The Morgan fingerprint density at radius 1 is 1.41 bits per heavy atom. The minimum absolute atomic E-state index is 0.106. The maximum Gasteiger partial charge on any atom is 0.271 e. The molecule has 0 radical (unpaired) electrons. The lowest BCUT2D eigenvalue weighted by Gasteiger charge is -2.06. The SMILES string of the molecule is CCn1nncc1C(=O)NCCCc1nc2c(s1)CCCC2. The first kappa shape index (κ1) is 15.1. The summed E-state index contributed by atoms with van der Waals surface area (Å²) in [5.41, 5.74) is 1.83. The van der Waals surface area contributed by atoms with Gasteiger partial charge in [0.25, 0.3) is 5.91 Å². The van der Waals surface area contributed by atoms with Gasteiger partial charge in [0.15, 0.2) is 0 Å². The van der Waals surface area contributed by atoms with Crippen LogP contribution in [0, 0.1) is 0 Å². The van der Waals surface area contributed by atoms with E-state index in [1.807, 2.05) is 18.3 Å². The topological polar surface area (TPSA) is 72.7 Å². The Balaban J connectivity index is 1.45. The Morgan fingerprint density at radius 3 is 3.09 bits per heavy atom. The highest BCUT2D eigenvalue weighted by Crippen LogP contribution is 2.27. The molecule has 3 rings (SSSR count). The van der Waals surface area contributed by atoms with Crippen molar-refractivity contribution in [3.05, 3.63) is 27.5 Å². The number of nitrogens with one attached hydrogen (secondary N) is 1. The third-order valence-electron chi connectivity index (χ3n) is 3.89. The van der Waals surface area contributed by atoms with Crippen LogP contribution in [0.1, 0.15) is 52.3 Å². The Kier molecular flexibility index (Phi) is 4.82. The Bertz CT molecular complexity index is 625. The molecule has 0 atom stereocenters. The molecule has 118 valence electrons. The van der Waals surface area contributed by atoms with Gasteiger partial charge in [0.05, 0.1) is 16.9 Å². The minimum atomic E-state index is -0.106. The molecule has 1 amide bonds. The Hall–Kier alpha value is -1.76. The van der Waals surface area contributed by atoms with Gasteiger partial charge in [-0.2, -0.15) is 0 Å². The van der Waals surface area contributed by atoms with Gasteiger partial charge in [-0.15, -0.1) is 16.4 Å². The first-order chi connectivity index (χ1) is 10.8. The molecule has 0 spiro atoms. The van der Waals surface area contributed by atoms with Crippen molar-refractivity contribution < 1.29 is 4.79 Å². The van der Waals surface area contributed by atoms with Crippen LogP contribution in [0.25, 0.3) is 0 Å². The average molecular weight is 319 g/mol. The summed E-state index contributed by atoms with van der Waals surface area (Å²) in [6, 6.07) is 0. The molecule has 2 aromatic rings. The average Bonchev–Trinajstić information content (AvgIpc) is 3.16. The number of hydrogen-bond donors (Lipinski definition) is 1. The van der Waals surface area contributed by atoms with Gasteiger partial charge in [0.1, 0.15) is 5.69 Å². The second-order valence-electron chi connectivity index (χ2n) is 5.48. The zero-order valence-corrected chi connectivity index (χ0v) is 13.7. The van der Waals surface area contributed by atoms with Gasteiger partial charge in [-0.3, -0.25) is 4.79 Å². The number of aryl methyl sites for hydroxylation is 4. The fourth-order valence-electron chi connectivity index (χ4n) is 2.71. The summed E-state index contributed by atoms with van der Waals surface area (Å²) in [4.78, 5) is 18.2. The lowest BCUT2D eigenvalue weighted by Crippen LogP contribution is -2.27. The van der Waals surface area contributed by atoms with E-state index in [2.05, 4.69) is 15.6 Å². The maximum atomic E-state index is 12.0. The monoisotopic (exact) mass is 319 g/mol. The van der Waals surface area contributed by atoms with Crippen LogP contribution in [0.4, 0.5) is 0 Å². The highest BCUT2D eigenvalue weighted by atomic mass is 32.1. The van der Waals surface area contributed by atoms with E-state index in [0.29, 0.717) is 18.8 Å². The Labute approximate surface area is 133 Å². The predicted octanol–water partition coefficient (Wildman–Crippen LogP) is 2.00. The van der Waals surface area contributed by atoms with E-state index in [9.17, 15) is 4.79 Å². The maximum absolute atomic E-state index is 12.0. The van der Waals surface area contributed by atoms with Gasteiger partial charge in [-0.05, 0) is 39.0 Å². The normalized spacial score (nSPS) is 13.9. The van der Waals surface area contributed by atoms with Crippen molar-refractivity contribution in [1.29, 1.82) is 0 Å². The van der Waals surface area contributed by atoms with E-state index in [-0.39, 0.29) is 5.91 Å². The van der Waals surface area contributed by atoms with Crippen molar-refractivity contribution in [3.8, 4) is 0 Å². The van der Waals surface area contributed by atoms with Crippen molar-refractivity contribution in [2.24, 2.45) is 0 Å². The summed E-state index contributed by atoms with van der Waals surface area (Å²) in [6.45, 7) is 3.24. The first-order valence-electron chi connectivity index (χ1n) is 7.92. The first-order valence-corrected chi connectivity index (χ1v) is 8.73. The van der Waals surface area contributed by atoms with Crippen LogP contribution in [-0.4, -0.2) is 32.4 Å². The van der Waals surface area contributed by atoms with Gasteiger partial charge >= 0.3 is 0 Å². The van der Waals surface area contributed by atoms with Crippen LogP contribution in [0.2, 0.25) is 0 Å². The molecular formula is C15H21N5OS. The molecule has 6 nitrogen and oxygen atoms in total. The van der Waals surface area contributed by atoms with E-state index < -0.39 is 0 Å². The smallest absolute Gasteiger partial charge is 0.271 e. The third kappa shape index (κ3) is 3.35. The second kappa shape index (κ2) is 7.00. The number of amides is 1. The van der Waals surface area contributed by atoms with E-state index >= 15 is 0 Å². The molecule has 0 fully saturated rings.